The number of aliphatic carboxylic acids is 1. The van der Waals surface area contributed by atoms with Crippen molar-refractivity contribution in [3.05, 3.63) is 17.0 Å². The number of carbonyl (C=O) groups is 2. The first-order chi connectivity index (χ1) is 10.5. The summed E-state index contributed by atoms with van der Waals surface area (Å²) in [6, 6.07) is 0. The van der Waals surface area contributed by atoms with Crippen LogP contribution in [0.1, 0.15) is 54.9 Å². The van der Waals surface area contributed by atoms with Crippen LogP contribution in [0, 0.1) is 5.92 Å². The SMILES string of the molecule is C[C@@H]1CC(C(=O)c2nn(CC(=O)O)c3c2CCC3)C[C@H](C)O1. The molecule has 0 radical (unpaired) electrons. The average molecular weight is 306 g/mol. The van der Waals surface area contributed by atoms with Crippen LogP contribution in [0.2, 0.25) is 0 Å². The highest BCUT2D eigenvalue weighted by molar-refractivity contribution is 5.98. The second kappa shape index (κ2) is 5.83. The van der Waals surface area contributed by atoms with Crippen molar-refractivity contribution in [2.24, 2.45) is 5.92 Å². The minimum Gasteiger partial charge on any atom is -0.480 e. The predicted molar refractivity (Wildman–Crippen MR) is 79.0 cm³/mol. The molecule has 2 aliphatic rings. The molecule has 1 saturated heterocycles. The van der Waals surface area contributed by atoms with Crippen LogP contribution in [0.3, 0.4) is 0 Å². The number of rotatable bonds is 4. The number of Topliss-reactive ketones (excluding diaryl/α,β-unsaturated/α-hetero) is 1. The molecule has 6 heteroatoms. The minimum absolute atomic E-state index is 0.0595. The van der Waals surface area contributed by atoms with Crippen molar-refractivity contribution < 1.29 is 19.4 Å². The van der Waals surface area contributed by atoms with Gasteiger partial charge in [-0.2, -0.15) is 5.10 Å². The van der Waals surface area contributed by atoms with Gasteiger partial charge in [0.05, 0.1) is 12.2 Å². The van der Waals surface area contributed by atoms with E-state index in [1.807, 2.05) is 13.8 Å². The van der Waals surface area contributed by atoms with E-state index in [9.17, 15) is 9.59 Å². The Morgan fingerprint density at radius 2 is 1.95 bits per heavy atom. The quantitative estimate of drug-likeness (QED) is 0.858. The third kappa shape index (κ3) is 2.79. The molecule has 0 saturated carbocycles. The highest BCUT2D eigenvalue weighted by Crippen LogP contribution is 2.32. The number of nitrogens with zero attached hydrogens (tertiary/aromatic N) is 2. The van der Waals surface area contributed by atoms with E-state index in [4.69, 9.17) is 9.84 Å². The first-order valence-corrected chi connectivity index (χ1v) is 7.95. The van der Waals surface area contributed by atoms with Crippen LogP contribution < -0.4 is 0 Å². The summed E-state index contributed by atoms with van der Waals surface area (Å²) in [4.78, 5) is 23.8. The fourth-order valence-electron chi connectivity index (χ4n) is 3.78. The second-order valence-corrected chi connectivity index (χ2v) is 6.47. The zero-order valence-corrected chi connectivity index (χ0v) is 13.0. The van der Waals surface area contributed by atoms with Gasteiger partial charge in [0, 0.05) is 17.2 Å². The lowest BCUT2D eigenvalue weighted by atomic mass is 9.87. The van der Waals surface area contributed by atoms with Gasteiger partial charge >= 0.3 is 5.97 Å². The Kier molecular flexibility index (Phi) is 4.04. The molecule has 0 bridgehead atoms. The molecule has 120 valence electrons. The Balaban J connectivity index is 1.88. The lowest BCUT2D eigenvalue weighted by Crippen LogP contribution is -2.33. The van der Waals surface area contributed by atoms with E-state index in [0.29, 0.717) is 18.5 Å². The highest BCUT2D eigenvalue weighted by Gasteiger charge is 2.34. The molecule has 3 rings (SSSR count). The summed E-state index contributed by atoms with van der Waals surface area (Å²) in [7, 11) is 0. The molecule has 1 aliphatic carbocycles. The molecule has 22 heavy (non-hydrogen) atoms. The Morgan fingerprint density at radius 1 is 1.27 bits per heavy atom. The summed E-state index contributed by atoms with van der Waals surface area (Å²) >= 11 is 0. The number of carbonyl (C=O) groups excluding carboxylic acids is 1. The number of ether oxygens (including phenoxy) is 1. The van der Waals surface area contributed by atoms with Gasteiger partial charge in [0.25, 0.3) is 0 Å². The number of hydrogen-bond donors (Lipinski definition) is 1. The zero-order chi connectivity index (χ0) is 15.9. The smallest absolute Gasteiger partial charge is 0.325 e. The Bertz CT molecular complexity index is 598. The number of aromatic nitrogens is 2. The Morgan fingerprint density at radius 3 is 2.59 bits per heavy atom. The van der Waals surface area contributed by atoms with E-state index >= 15 is 0 Å². The van der Waals surface area contributed by atoms with E-state index in [1.54, 1.807) is 0 Å². The van der Waals surface area contributed by atoms with Crippen LogP contribution in [-0.4, -0.2) is 38.8 Å². The molecule has 0 spiro atoms. The number of ketones is 1. The first kappa shape index (κ1) is 15.2. The lowest BCUT2D eigenvalue weighted by molar-refractivity contribution is -0.137. The van der Waals surface area contributed by atoms with Gasteiger partial charge in [-0.05, 0) is 46.0 Å². The molecule has 3 atom stereocenters. The van der Waals surface area contributed by atoms with Crippen molar-refractivity contribution in [2.75, 3.05) is 0 Å². The van der Waals surface area contributed by atoms with Gasteiger partial charge in [0.2, 0.25) is 0 Å². The molecule has 0 amide bonds. The van der Waals surface area contributed by atoms with Crippen LogP contribution in [0.4, 0.5) is 0 Å². The van der Waals surface area contributed by atoms with Crippen LogP contribution in [0.15, 0.2) is 0 Å². The van der Waals surface area contributed by atoms with Crippen molar-refractivity contribution in [1.29, 1.82) is 0 Å². The molecule has 6 nitrogen and oxygen atoms in total. The molecule has 0 aromatic carbocycles. The fraction of sp³-hybridized carbons (Fsp3) is 0.688. The van der Waals surface area contributed by atoms with E-state index < -0.39 is 5.97 Å². The zero-order valence-electron chi connectivity index (χ0n) is 13.0. The van der Waals surface area contributed by atoms with Crippen LogP contribution in [-0.2, 0) is 28.9 Å². The summed E-state index contributed by atoms with van der Waals surface area (Å²) < 4.78 is 7.20. The normalized spacial score (nSPS) is 27.6. The van der Waals surface area contributed by atoms with Crippen LogP contribution in [0.25, 0.3) is 0 Å². The maximum Gasteiger partial charge on any atom is 0.325 e. The van der Waals surface area contributed by atoms with Gasteiger partial charge < -0.3 is 9.84 Å². The van der Waals surface area contributed by atoms with Crippen LogP contribution in [0.5, 0.6) is 0 Å². The lowest BCUT2D eigenvalue weighted by Gasteiger charge is -2.30. The van der Waals surface area contributed by atoms with E-state index in [2.05, 4.69) is 5.10 Å². The minimum atomic E-state index is -0.926. The molecule has 1 fully saturated rings. The third-order valence-corrected chi connectivity index (χ3v) is 4.59. The molecular weight excluding hydrogens is 284 g/mol. The molecule has 1 unspecified atom stereocenters. The molecule has 2 heterocycles. The maximum atomic E-state index is 12.9. The van der Waals surface area contributed by atoms with Gasteiger partial charge in [0.1, 0.15) is 12.2 Å². The first-order valence-electron chi connectivity index (χ1n) is 7.95. The van der Waals surface area contributed by atoms with Gasteiger partial charge in [-0.1, -0.05) is 0 Å². The number of carboxylic acids is 1. The largest absolute Gasteiger partial charge is 0.480 e. The number of carboxylic acid groups (broad SMARTS) is 1. The van der Waals surface area contributed by atoms with E-state index in [-0.39, 0.29) is 30.5 Å². The van der Waals surface area contributed by atoms with Crippen molar-refractivity contribution in [3.8, 4) is 0 Å². The standard InChI is InChI=1S/C16H22N2O4/c1-9-6-11(7-10(2)22-9)16(21)15-12-4-3-5-13(12)18(17-15)8-14(19)20/h9-11H,3-8H2,1-2H3,(H,19,20)/t9-,10+,11?. The molecular formula is C16H22N2O4. The van der Waals surface area contributed by atoms with Gasteiger partial charge in [-0.15, -0.1) is 0 Å². The monoisotopic (exact) mass is 306 g/mol. The molecule has 1 N–H and O–H groups in total. The topological polar surface area (TPSA) is 81.4 Å². The molecule has 1 aromatic rings. The number of hydrogen-bond acceptors (Lipinski definition) is 4. The maximum absolute atomic E-state index is 12.9. The predicted octanol–water partition coefficient (Wildman–Crippen LogP) is 1.84. The van der Waals surface area contributed by atoms with Gasteiger partial charge in [0.15, 0.2) is 5.78 Å². The fourth-order valence-corrected chi connectivity index (χ4v) is 3.78. The third-order valence-electron chi connectivity index (χ3n) is 4.59. The van der Waals surface area contributed by atoms with Crippen molar-refractivity contribution in [3.63, 3.8) is 0 Å². The van der Waals surface area contributed by atoms with E-state index in [0.717, 1.165) is 30.5 Å². The molecule has 1 aliphatic heterocycles. The Labute approximate surface area is 129 Å². The summed E-state index contributed by atoms with van der Waals surface area (Å²) in [5.41, 5.74) is 2.40. The van der Waals surface area contributed by atoms with Crippen molar-refractivity contribution in [2.45, 2.75) is 64.7 Å². The average Bonchev–Trinajstić information content (AvgIpc) is 3.00. The Hall–Kier alpha value is -1.69. The van der Waals surface area contributed by atoms with Gasteiger partial charge in [-0.25, -0.2) is 0 Å². The summed E-state index contributed by atoms with van der Waals surface area (Å²) in [6.07, 6.45) is 4.17. The van der Waals surface area contributed by atoms with Crippen molar-refractivity contribution >= 4 is 11.8 Å². The molecule has 1 aromatic heterocycles. The van der Waals surface area contributed by atoms with Crippen molar-refractivity contribution in [1.82, 2.24) is 9.78 Å². The summed E-state index contributed by atoms with van der Waals surface area (Å²) in [6.45, 7) is 3.81. The van der Waals surface area contributed by atoms with Crippen LogP contribution >= 0.6 is 0 Å². The van der Waals surface area contributed by atoms with Gasteiger partial charge in [-0.3, -0.25) is 14.3 Å². The highest BCUT2D eigenvalue weighted by atomic mass is 16.5. The summed E-state index contributed by atoms with van der Waals surface area (Å²) in [5.74, 6) is -0.939. The summed E-state index contributed by atoms with van der Waals surface area (Å²) in [5, 5.41) is 13.3. The van der Waals surface area contributed by atoms with E-state index in [1.165, 1.54) is 4.68 Å². The number of fused-ring (bicyclic) bond motifs is 1. The second-order valence-electron chi connectivity index (χ2n) is 6.47.